The molecule has 2 rings (SSSR count). The lowest BCUT2D eigenvalue weighted by molar-refractivity contribution is -0.383. The van der Waals surface area contributed by atoms with Crippen LogP contribution in [-0.4, -0.2) is 40.9 Å². The number of hydrogen-bond donors (Lipinski definition) is 1. The van der Waals surface area contributed by atoms with Gasteiger partial charge in [-0.25, -0.2) is 4.98 Å². The molecule has 0 aliphatic heterocycles. The van der Waals surface area contributed by atoms with Crippen LogP contribution in [0.5, 0.6) is 5.75 Å². The highest BCUT2D eigenvalue weighted by Gasteiger charge is 2.22. The van der Waals surface area contributed by atoms with Gasteiger partial charge in [-0.05, 0) is 30.8 Å². The average Bonchev–Trinajstić information content (AvgIpc) is 2.65. The molecule has 0 saturated carbocycles. The molecule has 1 aromatic heterocycles. The van der Waals surface area contributed by atoms with Crippen LogP contribution in [0.1, 0.15) is 29.8 Å². The number of rotatable bonds is 8. The lowest BCUT2D eigenvalue weighted by Gasteiger charge is -2.18. The van der Waals surface area contributed by atoms with Crippen molar-refractivity contribution < 1.29 is 14.5 Å². The highest BCUT2D eigenvalue weighted by molar-refractivity contribution is 6.33. The van der Waals surface area contributed by atoms with Crippen molar-refractivity contribution >= 4 is 28.9 Å². The van der Waals surface area contributed by atoms with Gasteiger partial charge in [-0.2, -0.15) is 0 Å². The third-order valence-corrected chi connectivity index (χ3v) is 4.41. The zero-order valence-electron chi connectivity index (χ0n) is 15.4. The number of nitro groups is 1. The molecule has 0 radical (unpaired) electrons. The number of pyridine rings is 1. The van der Waals surface area contributed by atoms with E-state index < -0.39 is 10.8 Å². The van der Waals surface area contributed by atoms with Gasteiger partial charge < -0.3 is 10.1 Å². The van der Waals surface area contributed by atoms with Crippen LogP contribution in [0.25, 0.3) is 0 Å². The number of anilines is 1. The van der Waals surface area contributed by atoms with Gasteiger partial charge in [0.25, 0.3) is 11.6 Å². The van der Waals surface area contributed by atoms with Gasteiger partial charge >= 0.3 is 0 Å². The van der Waals surface area contributed by atoms with E-state index in [4.69, 9.17) is 16.3 Å². The van der Waals surface area contributed by atoms with E-state index >= 15 is 0 Å². The summed E-state index contributed by atoms with van der Waals surface area (Å²) < 4.78 is 5.14. The van der Waals surface area contributed by atoms with E-state index in [0.29, 0.717) is 6.54 Å². The quantitative estimate of drug-likeness (QED) is 0.417. The second-order valence-corrected chi connectivity index (χ2v) is 6.06. The van der Waals surface area contributed by atoms with Crippen LogP contribution in [0.2, 0.25) is 5.15 Å². The number of carbonyl (C=O) groups is 1. The van der Waals surface area contributed by atoms with Crippen molar-refractivity contribution in [2.75, 3.05) is 25.5 Å². The molecule has 0 saturated heterocycles. The molecule has 1 heterocycles. The van der Waals surface area contributed by atoms with Crippen LogP contribution in [0.3, 0.4) is 0 Å². The molecule has 1 aromatic carbocycles. The van der Waals surface area contributed by atoms with Crippen molar-refractivity contribution in [2.24, 2.45) is 0 Å². The van der Waals surface area contributed by atoms with Crippen LogP contribution < -0.4 is 10.1 Å². The number of hydrogen-bond acceptors (Lipinski definition) is 6. The molecule has 0 fully saturated rings. The number of methoxy groups -OCH3 is 1. The minimum Gasteiger partial charge on any atom is -0.496 e. The first kappa shape index (κ1) is 20.6. The van der Waals surface area contributed by atoms with Crippen LogP contribution in [0.4, 0.5) is 11.4 Å². The molecular weight excluding hydrogens is 372 g/mol. The maximum atomic E-state index is 12.7. The third kappa shape index (κ3) is 4.93. The first-order chi connectivity index (χ1) is 12.9. The summed E-state index contributed by atoms with van der Waals surface area (Å²) in [5.74, 6) is -0.400. The Morgan fingerprint density at radius 2 is 2.04 bits per heavy atom. The van der Waals surface area contributed by atoms with Crippen LogP contribution >= 0.6 is 11.6 Å². The van der Waals surface area contributed by atoms with E-state index in [-0.39, 0.29) is 27.8 Å². The highest BCUT2D eigenvalue weighted by atomic mass is 35.5. The minimum atomic E-state index is -0.631. The fourth-order valence-corrected chi connectivity index (χ4v) is 2.86. The molecular formula is C18H21ClN4O4. The van der Waals surface area contributed by atoms with Crippen LogP contribution in [0, 0.1) is 10.1 Å². The Kier molecular flexibility index (Phi) is 7.09. The topological polar surface area (TPSA) is 97.6 Å². The molecule has 27 heavy (non-hydrogen) atoms. The number of nitro benzene ring substituents is 1. The molecule has 0 unspecified atom stereocenters. The number of nitrogens with zero attached hydrogens (tertiary/aromatic N) is 3. The number of aromatic nitrogens is 1. The van der Waals surface area contributed by atoms with Crippen LogP contribution in [-0.2, 0) is 6.54 Å². The predicted molar refractivity (Wildman–Crippen MR) is 103 cm³/mol. The number of benzene rings is 1. The van der Waals surface area contributed by atoms with E-state index in [0.717, 1.165) is 18.7 Å². The van der Waals surface area contributed by atoms with Gasteiger partial charge in [0.05, 0.1) is 12.0 Å². The normalized spacial score (nSPS) is 10.7. The molecule has 8 nitrogen and oxygen atoms in total. The molecule has 144 valence electrons. The molecule has 0 atom stereocenters. The Labute approximate surface area is 162 Å². The molecule has 0 bridgehead atoms. The molecule has 0 spiro atoms. The Morgan fingerprint density at radius 3 is 2.63 bits per heavy atom. The first-order valence-corrected chi connectivity index (χ1v) is 8.78. The first-order valence-electron chi connectivity index (χ1n) is 8.40. The van der Waals surface area contributed by atoms with Gasteiger partial charge in [-0.1, -0.05) is 31.5 Å². The maximum absolute atomic E-state index is 12.7. The summed E-state index contributed by atoms with van der Waals surface area (Å²) in [6.45, 7) is 6.38. The standard InChI is InChI=1S/C18H21ClN4O4/c1-4-22(5-2)11-12-6-7-14(23(25)26)13(10-12)21-18(24)16-15(27-3)8-9-20-17(16)19/h6-10H,4-5,11H2,1-3H3,(H,21,24). The average molecular weight is 393 g/mol. The van der Waals surface area contributed by atoms with Crippen molar-refractivity contribution in [1.82, 2.24) is 9.88 Å². The van der Waals surface area contributed by atoms with E-state index in [1.165, 1.54) is 25.4 Å². The van der Waals surface area contributed by atoms with Gasteiger partial charge in [0, 0.05) is 18.8 Å². The highest BCUT2D eigenvalue weighted by Crippen LogP contribution is 2.29. The Morgan fingerprint density at radius 1 is 1.33 bits per heavy atom. The Bertz CT molecular complexity index is 840. The second kappa shape index (κ2) is 9.29. The zero-order chi connectivity index (χ0) is 20.0. The predicted octanol–water partition coefficient (Wildman–Crippen LogP) is 3.75. The molecule has 0 aliphatic rings. The van der Waals surface area contributed by atoms with E-state index in [2.05, 4.69) is 15.2 Å². The monoisotopic (exact) mass is 392 g/mol. The summed E-state index contributed by atoms with van der Waals surface area (Å²) in [7, 11) is 1.40. The van der Waals surface area contributed by atoms with Gasteiger partial charge in [-0.3, -0.25) is 19.8 Å². The Balaban J connectivity index is 2.38. The Hall–Kier alpha value is -2.71. The fourth-order valence-electron chi connectivity index (χ4n) is 2.63. The SMILES string of the molecule is CCN(CC)Cc1ccc([N+](=O)[O-])c(NC(=O)c2c(OC)ccnc2Cl)c1. The van der Waals surface area contributed by atoms with Gasteiger partial charge in [0.2, 0.25) is 0 Å². The van der Waals surface area contributed by atoms with Gasteiger partial charge in [0.15, 0.2) is 0 Å². The molecule has 9 heteroatoms. The summed E-state index contributed by atoms with van der Waals surface area (Å²) in [6.07, 6.45) is 1.41. The maximum Gasteiger partial charge on any atom is 0.292 e. The van der Waals surface area contributed by atoms with E-state index in [1.54, 1.807) is 12.1 Å². The van der Waals surface area contributed by atoms with Crippen molar-refractivity contribution in [1.29, 1.82) is 0 Å². The van der Waals surface area contributed by atoms with E-state index in [9.17, 15) is 14.9 Å². The van der Waals surface area contributed by atoms with Crippen molar-refractivity contribution in [2.45, 2.75) is 20.4 Å². The molecule has 0 aliphatic carbocycles. The zero-order valence-corrected chi connectivity index (χ0v) is 16.1. The minimum absolute atomic E-state index is 0.0186. The number of ether oxygens (including phenoxy) is 1. The van der Waals surface area contributed by atoms with Crippen molar-refractivity contribution in [3.63, 3.8) is 0 Å². The van der Waals surface area contributed by atoms with Gasteiger partial charge in [-0.15, -0.1) is 0 Å². The molecule has 2 aromatic rings. The number of amides is 1. The van der Waals surface area contributed by atoms with Crippen LogP contribution in [0.15, 0.2) is 30.5 Å². The summed E-state index contributed by atoms with van der Waals surface area (Å²) in [5, 5.41) is 13.9. The van der Waals surface area contributed by atoms with Crippen molar-refractivity contribution in [3.05, 3.63) is 56.9 Å². The summed E-state index contributed by atoms with van der Waals surface area (Å²) >= 11 is 6.02. The largest absolute Gasteiger partial charge is 0.496 e. The van der Waals surface area contributed by atoms with Crippen molar-refractivity contribution in [3.8, 4) is 5.75 Å². The molecule has 1 amide bonds. The summed E-state index contributed by atoms with van der Waals surface area (Å²) in [6, 6.07) is 6.16. The van der Waals surface area contributed by atoms with Gasteiger partial charge in [0.1, 0.15) is 22.2 Å². The number of halogens is 1. The lowest BCUT2D eigenvalue weighted by Crippen LogP contribution is -2.22. The number of carbonyl (C=O) groups excluding carboxylic acids is 1. The number of nitrogens with one attached hydrogen (secondary N) is 1. The fraction of sp³-hybridized carbons (Fsp3) is 0.333. The molecule has 1 N–H and O–H groups in total. The third-order valence-electron chi connectivity index (χ3n) is 4.12. The van der Waals surface area contributed by atoms with E-state index in [1.807, 2.05) is 13.8 Å². The smallest absolute Gasteiger partial charge is 0.292 e. The second-order valence-electron chi connectivity index (χ2n) is 5.70. The lowest BCUT2D eigenvalue weighted by atomic mass is 10.1. The summed E-state index contributed by atoms with van der Waals surface area (Å²) in [4.78, 5) is 29.5. The summed E-state index contributed by atoms with van der Waals surface area (Å²) in [5.41, 5.74) is 0.760.